The van der Waals surface area contributed by atoms with Crippen molar-refractivity contribution in [1.29, 1.82) is 0 Å². The third kappa shape index (κ3) is 4.97. The summed E-state index contributed by atoms with van der Waals surface area (Å²) >= 11 is 0. The maximum absolute atomic E-state index is 12.1. The molecule has 1 aromatic rings. The molecule has 0 aliphatic heterocycles. The first-order valence-corrected chi connectivity index (χ1v) is 7.92. The Balaban J connectivity index is 2.01. The molecule has 0 radical (unpaired) electrons. The summed E-state index contributed by atoms with van der Waals surface area (Å²) in [6.07, 6.45) is -1.67. The fraction of sp³-hybridized carbons (Fsp3) is 0.529. The quantitative estimate of drug-likeness (QED) is 0.809. The zero-order valence-corrected chi connectivity index (χ0v) is 13.5. The lowest BCUT2D eigenvalue weighted by Crippen LogP contribution is -2.46. The summed E-state index contributed by atoms with van der Waals surface area (Å²) in [6.45, 7) is 0.528. The summed E-state index contributed by atoms with van der Waals surface area (Å²) in [5.74, 6) is -1.49. The molecule has 0 saturated heterocycles. The molecule has 1 aliphatic carbocycles. The summed E-state index contributed by atoms with van der Waals surface area (Å²) in [6, 6.07) is 7.79. The molecule has 2 N–H and O–H groups in total. The Kier molecular flexibility index (Phi) is 5.51. The monoisotopic (exact) mass is 342 g/mol. The fourth-order valence-corrected chi connectivity index (χ4v) is 3.13. The van der Waals surface area contributed by atoms with Crippen LogP contribution in [0.1, 0.15) is 43.2 Å². The average Bonchev–Trinajstić information content (AvgIpc) is 2.94. The molecule has 0 aromatic heterocycles. The number of carbonyl (C=O) groups is 2. The van der Waals surface area contributed by atoms with Gasteiger partial charge in [0.25, 0.3) is 0 Å². The third-order valence-electron chi connectivity index (χ3n) is 4.21. The minimum Gasteiger partial charge on any atom is -0.347 e. The molecular formula is C17H21F3N2O2. The van der Waals surface area contributed by atoms with Gasteiger partial charge in [-0.1, -0.05) is 42.7 Å². The van der Waals surface area contributed by atoms with Crippen LogP contribution in [0, 0.1) is 6.92 Å². The molecule has 7 heteroatoms. The number of amides is 2. The Morgan fingerprint density at radius 2 is 1.83 bits per heavy atom. The second-order valence-electron chi connectivity index (χ2n) is 6.28. The first kappa shape index (κ1) is 18.3. The predicted molar refractivity (Wildman–Crippen MR) is 83.1 cm³/mol. The minimum absolute atomic E-state index is 0.534. The van der Waals surface area contributed by atoms with Gasteiger partial charge in [0.2, 0.25) is 11.8 Å². The first-order valence-electron chi connectivity index (χ1n) is 7.92. The van der Waals surface area contributed by atoms with E-state index < -0.39 is 36.5 Å². The molecule has 1 fully saturated rings. The van der Waals surface area contributed by atoms with E-state index in [1.54, 1.807) is 5.32 Å². The van der Waals surface area contributed by atoms with Crippen LogP contribution in [-0.2, 0) is 15.1 Å². The van der Waals surface area contributed by atoms with Gasteiger partial charge in [0.05, 0.1) is 5.54 Å². The number of hydrogen-bond acceptors (Lipinski definition) is 2. The summed E-state index contributed by atoms with van der Waals surface area (Å²) in [5, 5.41) is 4.60. The van der Waals surface area contributed by atoms with Crippen molar-refractivity contribution in [3.63, 3.8) is 0 Å². The molecule has 132 valence electrons. The van der Waals surface area contributed by atoms with Crippen molar-refractivity contribution in [2.75, 3.05) is 6.54 Å². The van der Waals surface area contributed by atoms with Crippen LogP contribution in [0.2, 0.25) is 0 Å². The van der Waals surface area contributed by atoms with Gasteiger partial charge in [0, 0.05) is 0 Å². The molecule has 2 rings (SSSR count). The van der Waals surface area contributed by atoms with Crippen molar-refractivity contribution in [3.05, 3.63) is 35.4 Å². The molecule has 0 unspecified atom stereocenters. The number of nitrogens with one attached hydrogen (secondary N) is 2. The van der Waals surface area contributed by atoms with Gasteiger partial charge < -0.3 is 10.6 Å². The molecular weight excluding hydrogens is 321 g/mol. The highest BCUT2D eigenvalue weighted by atomic mass is 19.4. The second-order valence-corrected chi connectivity index (χ2v) is 6.28. The van der Waals surface area contributed by atoms with E-state index in [0.29, 0.717) is 0 Å². The van der Waals surface area contributed by atoms with E-state index in [1.807, 2.05) is 31.2 Å². The third-order valence-corrected chi connectivity index (χ3v) is 4.21. The smallest absolute Gasteiger partial charge is 0.347 e. The molecule has 1 aromatic carbocycles. The van der Waals surface area contributed by atoms with E-state index in [1.165, 1.54) is 0 Å². The minimum atomic E-state index is -4.49. The Hall–Kier alpha value is -2.05. The summed E-state index contributed by atoms with van der Waals surface area (Å²) in [5.41, 5.74) is 1.51. The van der Waals surface area contributed by atoms with Crippen LogP contribution < -0.4 is 10.6 Å². The van der Waals surface area contributed by atoms with Crippen LogP contribution in [0.4, 0.5) is 13.2 Å². The predicted octanol–water partition coefficient (Wildman–Crippen LogP) is 2.95. The number of carbonyl (C=O) groups excluding carboxylic acids is 2. The average molecular weight is 342 g/mol. The Morgan fingerprint density at radius 3 is 2.42 bits per heavy atom. The van der Waals surface area contributed by atoms with Crippen LogP contribution >= 0.6 is 0 Å². The van der Waals surface area contributed by atoms with E-state index in [0.717, 1.165) is 36.8 Å². The number of alkyl halides is 3. The molecule has 0 bridgehead atoms. The molecule has 24 heavy (non-hydrogen) atoms. The maximum atomic E-state index is 12.1. The number of halogens is 3. The number of aryl methyl sites for hydroxylation is 1. The van der Waals surface area contributed by atoms with Crippen LogP contribution in [0.15, 0.2) is 24.3 Å². The van der Waals surface area contributed by atoms with Gasteiger partial charge in [-0.3, -0.25) is 9.59 Å². The van der Waals surface area contributed by atoms with E-state index in [9.17, 15) is 22.8 Å². The van der Waals surface area contributed by atoms with E-state index >= 15 is 0 Å². The van der Waals surface area contributed by atoms with Crippen LogP contribution in [0.3, 0.4) is 0 Å². The van der Waals surface area contributed by atoms with Gasteiger partial charge in [0.15, 0.2) is 0 Å². The molecule has 2 amide bonds. The summed E-state index contributed by atoms with van der Waals surface area (Å²) < 4.78 is 36.3. The molecule has 1 aliphatic rings. The Morgan fingerprint density at radius 1 is 1.17 bits per heavy atom. The van der Waals surface area contributed by atoms with E-state index in [4.69, 9.17) is 0 Å². The normalized spacial score (nSPS) is 16.7. The maximum Gasteiger partial charge on any atom is 0.405 e. The van der Waals surface area contributed by atoms with E-state index in [-0.39, 0.29) is 0 Å². The highest BCUT2D eigenvalue weighted by molar-refractivity contribution is 5.97. The lowest BCUT2D eigenvalue weighted by atomic mass is 9.87. The van der Waals surface area contributed by atoms with Crippen molar-refractivity contribution < 1.29 is 22.8 Å². The number of rotatable bonds is 5. The van der Waals surface area contributed by atoms with Gasteiger partial charge in [0.1, 0.15) is 13.0 Å². The van der Waals surface area contributed by atoms with Crippen molar-refractivity contribution in [2.45, 2.75) is 50.7 Å². The Labute approximate surface area is 138 Å². The number of hydrogen-bond donors (Lipinski definition) is 2. The van der Waals surface area contributed by atoms with Gasteiger partial charge in [-0.05, 0) is 25.3 Å². The first-order chi connectivity index (χ1) is 11.2. The van der Waals surface area contributed by atoms with Crippen LogP contribution in [0.25, 0.3) is 0 Å². The van der Waals surface area contributed by atoms with Crippen molar-refractivity contribution >= 4 is 11.8 Å². The van der Waals surface area contributed by atoms with Gasteiger partial charge in [-0.25, -0.2) is 0 Å². The topological polar surface area (TPSA) is 58.2 Å². The molecule has 0 heterocycles. The molecule has 1 saturated carbocycles. The standard InChI is InChI=1S/C17H21F3N2O2/c1-12-5-4-6-13(9-12)16(7-2-3-8-16)22-15(24)10-14(23)21-11-17(18,19)20/h4-6,9H,2-3,7-8,10-11H2,1H3,(H,21,23)(H,22,24). The fourth-order valence-electron chi connectivity index (χ4n) is 3.13. The largest absolute Gasteiger partial charge is 0.405 e. The van der Waals surface area contributed by atoms with Gasteiger partial charge in [-0.15, -0.1) is 0 Å². The molecule has 0 atom stereocenters. The van der Waals surface area contributed by atoms with Gasteiger partial charge in [-0.2, -0.15) is 13.2 Å². The van der Waals surface area contributed by atoms with Crippen molar-refractivity contribution in [2.24, 2.45) is 0 Å². The highest BCUT2D eigenvalue weighted by Gasteiger charge is 2.37. The van der Waals surface area contributed by atoms with E-state index in [2.05, 4.69) is 5.32 Å². The van der Waals surface area contributed by atoms with Crippen molar-refractivity contribution in [3.8, 4) is 0 Å². The van der Waals surface area contributed by atoms with Crippen LogP contribution in [-0.4, -0.2) is 24.5 Å². The lowest BCUT2D eigenvalue weighted by Gasteiger charge is -2.31. The van der Waals surface area contributed by atoms with Gasteiger partial charge >= 0.3 is 6.18 Å². The summed E-state index contributed by atoms with van der Waals surface area (Å²) in [7, 11) is 0. The SMILES string of the molecule is Cc1cccc(C2(NC(=O)CC(=O)NCC(F)(F)F)CCCC2)c1. The highest BCUT2D eigenvalue weighted by Crippen LogP contribution is 2.39. The second kappa shape index (κ2) is 7.23. The Bertz CT molecular complexity index is 608. The zero-order valence-electron chi connectivity index (χ0n) is 13.5. The van der Waals surface area contributed by atoms with Crippen LogP contribution in [0.5, 0.6) is 0 Å². The zero-order chi connectivity index (χ0) is 17.8. The lowest BCUT2D eigenvalue weighted by molar-refractivity contribution is -0.141. The molecule has 0 spiro atoms. The number of benzene rings is 1. The molecule has 4 nitrogen and oxygen atoms in total. The summed E-state index contributed by atoms with van der Waals surface area (Å²) in [4.78, 5) is 23.6. The van der Waals surface area contributed by atoms with Crippen molar-refractivity contribution in [1.82, 2.24) is 10.6 Å².